The van der Waals surface area contributed by atoms with E-state index >= 15 is 0 Å². The first-order valence-corrected chi connectivity index (χ1v) is 13.4. The molecule has 0 aliphatic carbocycles. The monoisotopic (exact) mass is 487 g/mol. The molecule has 0 saturated carbocycles. The van der Waals surface area contributed by atoms with E-state index in [0.717, 1.165) is 42.9 Å². The highest BCUT2D eigenvalue weighted by Gasteiger charge is 2.28. The molecule has 2 aliphatic heterocycles. The number of carbonyl (C=O) groups is 1. The molecule has 4 rings (SSSR count). The zero-order chi connectivity index (χ0) is 24.0. The summed E-state index contributed by atoms with van der Waals surface area (Å²) in [6.45, 7) is 5.71. The standard InChI is InChI=1S/C25H33N3O5S/c1-2-33-21-8-6-20(7-9-21)18-25(29)26-23-19-22(34(30,31)28-14-16-32-17-15-28)10-11-24(23)27-12-4-3-5-13-27/h6-11,19H,2-5,12-18H2,1H3,(H,26,29). The molecule has 1 N–H and O–H groups in total. The maximum absolute atomic E-state index is 13.2. The number of amides is 1. The first-order valence-electron chi connectivity index (χ1n) is 12.0. The summed E-state index contributed by atoms with van der Waals surface area (Å²) in [6.07, 6.45) is 3.52. The van der Waals surface area contributed by atoms with E-state index in [1.165, 1.54) is 10.7 Å². The zero-order valence-electron chi connectivity index (χ0n) is 19.7. The van der Waals surface area contributed by atoms with Gasteiger partial charge in [-0.1, -0.05) is 12.1 Å². The molecule has 8 nitrogen and oxygen atoms in total. The average Bonchev–Trinajstić information content (AvgIpc) is 2.86. The summed E-state index contributed by atoms with van der Waals surface area (Å²) in [5.74, 6) is 0.573. The van der Waals surface area contributed by atoms with Gasteiger partial charge in [-0.05, 0) is 62.1 Å². The number of benzene rings is 2. The summed E-state index contributed by atoms with van der Waals surface area (Å²) in [6, 6.07) is 12.5. The van der Waals surface area contributed by atoms with Gasteiger partial charge in [0.25, 0.3) is 0 Å². The summed E-state index contributed by atoms with van der Waals surface area (Å²) in [5, 5.41) is 2.99. The number of sulfonamides is 1. The van der Waals surface area contributed by atoms with Crippen LogP contribution in [-0.2, 0) is 26.0 Å². The molecule has 0 bridgehead atoms. The lowest BCUT2D eigenvalue weighted by atomic mass is 10.1. The van der Waals surface area contributed by atoms with E-state index in [4.69, 9.17) is 9.47 Å². The lowest BCUT2D eigenvalue weighted by Crippen LogP contribution is -2.40. The Morgan fingerprint density at radius 1 is 1.00 bits per heavy atom. The van der Waals surface area contributed by atoms with Crippen LogP contribution in [-0.4, -0.2) is 64.6 Å². The van der Waals surface area contributed by atoms with E-state index in [9.17, 15) is 13.2 Å². The number of ether oxygens (including phenoxy) is 2. The predicted molar refractivity (Wildman–Crippen MR) is 132 cm³/mol. The highest BCUT2D eigenvalue weighted by molar-refractivity contribution is 7.89. The van der Waals surface area contributed by atoms with Crippen molar-refractivity contribution >= 4 is 27.3 Å². The van der Waals surface area contributed by atoms with Crippen LogP contribution in [0.1, 0.15) is 31.7 Å². The molecule has 184 valence electrons. The molecule has 2 fully saturated rings. The van der Waals surface area contributed by atoms with E-state index < -0.39 is 10.0 Å². The van der Waals surface area contributed by atoms with E-state index in [1.54, 1.807) is 12.1 Å². The summed E-state index contributed by atoms with van der Waals surface area (Å²) in [4.78, 5) is 15.4. The van der Waals surface area contributed by atoms with Gasteiger partial charge in [0.15, 0.2) is 0 Å². The number of rotatable bonds is 8. The maximum Gasteiger partial charge on any atom is 0.243 e. The van der Waals surface area contributed by atoms with Crippen LogP contribution in [0.25, 0.3) is 0 Å². The normalized spacial score (nSPS) is 17.4. The number of carbonyl (C=O) groups excluding carboxylic acids is 1. The number of anilines is 2. The first kappa shape index (κ1) is 24.5. The van der Waals surface area contributed by atoms with Gasteiger partial charge in [0.1, 0.15) is 5.75 Å². The number of morpholine rings is 1. The smallest absolute Gasteiger partial charge is 0.243 e. The van der Waals surface area contributed by atoms with Crippen LogP contribution in [0.5, 0.6) is 5.75 Å². The van der Waals surface area contributed by atoms with Crippen LogP contribution in [0, 0.1) is 0 Å². The Balaban J connectivity index is 1.57. The van der Waals surface area contributed by atoms with Crippen molar-refractivity contribution in [3.05, 3.63) is 48.0 Å². The van der Waals surface area contributed by atoms with Gasteiger partial charge in [-0.15, -0.1) is 0 Å². The summed E-state index contributed by atoms with van der Waals surface area (Å²) in [5.41, 5.74) is 2.26. The van der Waals surface area contributed by atoms with Crippen molar-refractivity contribution < 1.29 is 22.7 Å². The molecule has 0 unspecified atom stereocenters. The van der Waals surface area contributed by atoms with Gasteiger partial charge in [-0.3, -0.25) is 4.79 Å². The van der Waals surface area contributed by atoms with Crippen molar-refractivity contribution in [1.82, 2.24) is 4.31 Å². The number of nitrogens with one attached hydrogen (secondary N) is 1. The first-order chi connectivity index (χ1) is 16.5. The molecule has 2 heterocycles. The molecule has 0 radical (unpaired) electrons. The third kappa shape index (κ3) is 5.89. The molecule has 1 amide bonds. The van der Waals surface area contributed by atoms with Crippen molar-refractivity contribution in [2.24, 2.45) is 0 Å². The fourth-order valence-corrected chi connectivity index (χ4v) is 5.81. The molecule has 0 aromatic heterocycles. The van der Waals surface area contributed by atoms with Crippen LogP contribution < -0.4 is 15.0 Å². The number of hydrogen-bond donors (Lipinski definition) is 1. The van der Waals surface area contributed by atoms with E-state index in [1.807, 2.05) is 37.3 Å². The van der Waals surface area contributed by atoms with Crippen molar-refractivity contribution in [2.75, 3.05) is 56.2 Å². The molecular formula is C25H33N3O5S. The maximum atomic E-state index is 13.2. The minimum Gasteiger partial charge on any atom is -0.494 e. The fourth-order valence-electron chi connectivity index (χ4n) is 4.37. The van der Waals surface area contributed by atoms with E-state index in [2.05, 4.69) is 10.2 Å². The second kappa shape index (κ2) is 11.2. The largest absolute Gasteiger partial charge is 0.494 e. The summed E-state index contributed by atoms with van der Waals surface area (Å²) >= 11 is 0. The van der Waals surface area contributed by atoms with E-state index in [-0.39, 0.29) is 17.2 Å². The van der Waals surface area contributed by atoms with Gasteiger partial charge < -0.3 is 19.7 Å². The molecular weight excluding hydrogens is 454 g/mol. The zero-order valence-corrected chi connectivity index (χ0v) is 20.5. The van der Waals surface area contributed by atoms with Crippen LogP contribution in [0.3, 0.4) is 0 Å². The average molecular weight is 488 g/mol. The minimum atomic E-state index is -3.67. The van der Waals surface area contributed by atoms with Crippen molar-refractivity contribution in [2.45, 2.75) is 37.5 Å². The highest BCUT2D eigenvalue weighted by atomic mass is 32.2. The molecule has 2 aliphatic rings. The highest BCUT2D eigenvalue weighted by Crippen LogP contribution is 2.32. The number of hydrogen-bond acceptors (Lipinski definition) is 6. The van der Waals surface area contributed by atoms with Crippen molar-refractivity contribution in [3.63, 3.8) is 0 Å². The molecule has 2 aromatic rings. The Bertz CT molecular complexity index is 1080. The SMILES string of the molecule is CCOc1ccc(CC(=O)Nc2cc(S(=O)(=O)N3CCOCC3)ccc2N2CCCCC2)cc1. The Morgan fingerprint density at radius 2 is 1.71 bits per heavy atom. The Labute approximate surface area is 201 Å². The third-order valence-electron chi connectivity index (χ3n) is 6.15. The van der Waals surface area contributed by atoms with Gasteiger partial charge >= 0.3 is 0 Å². The molecule has 0 spiro atoms. The van der Waals surface area contributed by atoms with Gasteiger partial charge in [0.2, 0.25) is 15.9 Å². The Morgan fingerprint density at radius 3 is 2.38 bits per heavy atom. The van der Waals surface area contributed by atoms with Crippen LogP contribution in [0.4, 0.5) is 11.4 Å². The molecule has 9 heteroatoms. The van der Waals surface area contributed by atoms with Gasteiger partial charge in [-0.2, -0.15) is 4.31 Å². The van der Waals surface area contributed by atoms with Gasteiger partial charge in [0, 0.05) is 26.2 Å². The quantitative estimate of drug-likeness (QED) is 0.615. The van der Waals surface area contributed by atoms with Gasteiger partial charge in [0.05, 0.1) is 42.5 Å². The van der Waals surface area contributed by atoms with Crippen molar-refractivity contribution in [3.8, 4) is 5.75 Å². The third-order valence-corrected chi connectivity index (χ3v) is 8.04. The second-order valence-electron chi connectivity index (χ2n) is 8.55. The lowest BCUT2D eigenvalue weighted by molar-refractivity contribution is -0.115. The number of piperidine rings is 1. The fraction of sp³-hybridized carbons (Fsp3) is 0.480. The molecule has 2 aromatic carbocycles. The Hall–Kier alpha value is -2.62. The summed E-state index contributed by atoms with van der Waals surface area (Å²) < 4.78 is 38.7. The topological polar surface area (TPSA) is 88.2 Å². The Kier molecular flexibility index (Phi) is 8.07. The van der Waals surface area contributed by atoms with E-state index in [0.29, 0.717) is 38.6 Å². The molecule has 34 heavy (non-hydrogen) atoms. The predicted octanol–water partition coefficient (Wildman–Crippen LogP) is 3.28. The second-order valence-corrected chi connectivity index (χ2v) is 10.5. The van der Waals surface area contributed by atoms with Gasteiger partial charge in [-0.25, -0.2) is 8.42 Å². The number of nitrogens with zero attached hydrogens (tertiary/aromatic N) is 2. The minimum absolute atomic E-state index is 0.187. The summed E-state index contributed by atoms with van der Waals surface area (Å²) in [7, 11) is -3.67. The van der Waals surface area contributed by atoms with Crippen molar-refractivity contribution in [1.29, 1.82) is 0 Å². The molecule has 2 saturated heterocycles. The van der Waals surface area contributed by atoms with Crippen LogP contribution in [0.2, 0.25) is 0 Å². The lowest BCUT2D eigenvalue weighted by Gasteiger charge is -2.31. The van der Waals surface area contributed by atoms with Crippen LogP contribution in [0.15, 0.2) is 47.4 Å². The molecule has 0 atom stereocenters. The van der Waals surface area contributed by atoms with Crippen LogP contribution >= 0.6 is 0 Å².